The van der Waals surface area contributed by atoms with Crippen molar-refractivity contribution in [3.8, 4) is 0 Å². The molecule has 3 heteroatoms. The van der Waals surface area contributed by atoms with Crippen LogP contribution in [0.15, 0.2) is 113 Å². The lowest BCUT2D eigenvalue weighted by Gasteiger charge is -2.46. The van der Waals surface area contributed by atoms with Gasteiger partial charge in [-0.1, -0.05) is 88.7 Å². The minimum absolute atomic E-state index is 0.267. The normalized spacial score (nSPS) is 21.4. The summed E-state index contributed by atoms with van der Waals surface area (Å²) in [6.45, 7) is 0.410. The van der Waals surface area contributed by atoms with Gasteiger partial charge in [0.2, 0.25) is 0 Å². The molecule has 0 saturated heterocycles. The summed E-state index contributed by atoms with van der Waals surface area (Å²) in [5.41, 5.74) is 4.51. The number of benzene rings is 3. The van der Waals surface area contributed by atoms with Crippen molar-refractivity contribution in [3.05, 3.63) is 135 Å². The van der Waals surface area contributed by atoms with Gasteiger partial charge in [-0.15, -0.1) is 0 Å². The maximum atomic E-state index is 13.9. The van der Waals surface area contributed by atoms with Crippen LogP contribution in [0.2, 0.25) is 0 Å². The van der Waals surface area contributed by atoms with Gasteiger partial charge in [0.15, 0.2) is 0 Å². The molecule has 3 aromatic rings. The van der Waals surface area contributed by atoms with Gasteiger partial charge in [0, 0.05) is 15.6 Å². The minimum Gasteiger partial charge on any atom is -0.627 e. The van der Waals surface area contributed by atoms with Crippen molar-refractivity contribution < 1.29 is 4.65 Å². The Hall–Kier alpha value is -2.46. The van der Waals surface area contributed by atoms with Gasteiger partial charge in [-0.05, 0) is 41.8 Å². The van der Waals surface area contributed by atoms with E-state index in [2.05, 4.69) is 46.3 Å². The molecule has 4 rings (SSSR count). The molecule has 140 valence electrons. The van der Waals surface area contributed by atoms with Crippen molar-refractivity contribution in [2.24, 2.45) is 0 Å². The zero-order chi connectivity index (χ0) is 19.4. The van der Waals surface area contributed by atoms with Gasteiger partial charge in [-0.3, -0.25) is 0 Å². The average Bonchev–Trinajstić information content (AvgIpc) is 2.72. The fourth-order valence-electron chi connectivity index (χ4n) is 3.68. The first-order chi connectivity index (χ1) is 13.6. The van der Waals surface area contributed by atoms with Crippen molar-refractivity contribution in [2.75, 3.05) is 0 Å². The third-order valence-corrected chi connectivity index (χ3v) is 5.65. The molecule has 0 saturated carbocycles. The Bertz CT molecular complexity index is 980. The highest BCUT2D eigenvalue weighted by atomic mass is 79.9. The van der Waals surface area contributed by atoms with Gasteiger partial charge in [-0.2, -0.15) is 0 Å². The zero-order valence-electron chi connectivity index (χ0n) is 15.5. The van der Waals surface area contributed by atoms with Gasteiger partial charge >= 0.3 is 0 Å². The minimum atomic E-state index is -0.413. The Labute approximate surface area is 174 Å². The monoisotopic (exact) mass is 431 g/mol. The van der Waals surface area contributed by atoms with Crippen molar-refractivity contribution in [3.63, 3.8) is 0 Å². The average molecular weight is 432 g/mol. The van der Waals surface area contributed by atoms with E-state index in [1.54, 1.807) is 0 Å². The lowest BCUT2D eigenvalue weighted by atomic mass is 9.95. The highest BCUT2D eigenvalue weighted by molar-refractivity contribution is 9.10. The summed E-state index contributed by atoms with van der Waals surface area (Å²) in [6, 6.07) is 28.2. The maximum Gasteiger partial charge on any atom is 0.138 e. The first-order valence-electron chi connectivity index (χ1n) is 9.44. The van der Waals surface area contributed by atoms with Crippen molar-refractivity contribution in [2.45, 2.75) is 19.0 Å². The van der Waals surface area contributed by atoms with E-state index in [1.807, 2.05) is 72.9 Å². The van der Waals surface area contributed by atoms with Crippen LogP contribution < -0.4 is 0 Å². The standard InChI is InChI=1S/C25H22BrNO/c26-24-13-11-23(12-14-24)25-18-22(17-20-7-3-1-4-8-20)15-16-27(25,28)19-21-9-5-2-6-10-21/h1-16,18,25H,17,19H2. The topological polar surface area (TPSA) is 23.1 Å². The van der Waals surface area contributed by atoms with Crippen molar-refractivity contribution in [1.82, 2.24) is 0 Å². The Balaban J connectivity index is 1.68. The molecule has 28 heavy (non-hydrogen) atoms. The smallest absolute Gasteiger partial charge is 0.138 e. The van der Waals surface area contributed by atoms with E-state index < -0.39 is 4.65 Å². The summed E-state index contributed by atoms with van der Waals surface area (Å²) in [6.07, 6.45) is 6.79. The van der Waals surface area contributed by atoms with E-state index >= 15 is 0 Å². The molecule has 3 aromatic carbocycles. The van der Waals surface area contributed by atoms with E-state index in [1.165, 1.54) is 11.1 Å². The first kappa shape index (κ1) is 18.9. The van der Waals surface area contributed by atoms with E-state index in [0.717, 1.165) is 22.0 Å². The highest BCUT2D eigenvalue weighted by Crippen LogP contribution is 2.37. The van der Waals surface area contributed by atoms with E-state index in [0.29, 0.717) is 6.54 Å². The molecule has 0 amide bonds. The molecule has 0 N–H and O–H groups in total. The maximum absolute atomic E-state index is 13.9. The van der Waals surface area contributed by atoms with Crippen LogP contribution in [-0.4, -0.2) is 4.65 Å². The molecule has 0 fully saturated rings. The molecular weight excluding hydrogens is 410 g/mol. The summed E-state index contributed by atoms with van der Waals surface area (Å²) in [4.78, 5) is 0. The van der Waals surface area contributed by atoms with Crippen LogP contribution in [0.5, 0.6) is 0 Å². The Morgan fingerprint density at radius 1 is 0.786 bits per heavy atom. The van der Waals surface area contributed by atoms with Gasteiger partial charge in [0.1, 0.15) is 12.6 Å². The molecule has 2 unspecified atom stereocenters. The summed E-state index contributed by atoms with van der Waals surface area (Å²) in [5, 5.41) is 13.9. The van der Waals surface area contributed by atoms with Gasteiger partial charge in [-0.25, -0.2) is 0 Å². The molecule has 0 spiro atoms. The van der Waals surface area contributed by atoms with Crippen LogP contribution in [-0.2, 0) is 13.0 Å². The fourth-order valence-corrected chi connectivity index (χ4v) is 3.94. The summed E-state index contributed by atoms with van der Waals surface area (Å²) in [5.74, 6) is 0. The molecule has 0 aromatic heterocycles. The van der Waals surface area contributed by atoms with Crippen molar-refractivity contribution in [1.29, 1.82) is 0 Å². The highest BCUT2D eigenvalue weighted by Gasteiger charge is 2.30. The molecule has 1 aliphatic heterocycles. The Morgan fingerprint density at radius 3 is 2.04 bits per heavy atom. The largest absolute Gasteiger partial charge is 0.627 e. The molecule has 0 radical (unpaired) electrons. The lowest BCUT2D eigenvalue weighted by molar-refractivity contribution is -0.869. The number of halogens is 1. The molecule has 0 bridgehead atoms. The first-order valence-corrected chi connectivity index (χ1v) is 10.2. The zero-order valence-corrected chi connectivity index (χ0v) is 17.1. The third-order valence-electron chi connectivity index (χ3n) is 5.12. The summed E-state index contributed by atoms with van der Waals surface area (Å²) < 4.78 is 0.604. The number of hydrogen-bond acceptors (Lipinski definition) is 1. The SMILES string of the molecule is [O-][N+]1(Cc2ccccc2)C=CC(Cc2ccccc2)=CC1c1ccc(Br)cc1. The van der Waals surface area contributed by atoms with Crippen LogP contribution in [0.25, 0.3) is 0 Å². The second-order valence-electron chi connectivity index (χ2n) is 7.21. The van der Waals surface area contributed by atoms with Gasteiger partial charge in [0.25, 0.3) is 0 Å². The lowest BCUT2D eigenvalue weighted by Crippen LogP contribution is -2.40. The van der Waals surface area contributed by atoms with Gasteiger partial charge < -0.3 is 9.85 Å². The predicted molar refractivity (Wildman–Crippen MR) is 118 cm³/mol. The molecular formula is C25H22BrNO. The number of quaternary nitrogens is 1. The quantitative estimate of drug-likeness (QED) is 0.325. The second kappa shape index (κ2) is 8.27. The van der Waals surface area contributed by atoms with Crippen LogP contribution in [0.1, 0.15) is 22.7 Å². The van der Waals surface area contributed by atoms with Crippen molar-refractivity contribution >= 4 is 15.9 Å². The second-order valence-corrected chi connectivity index (χ2v) is 8.13. The summed E-state index contributed by atoms with van der Waals surface area (Å²) >= 11 is 3.50. The predicted octanol–water partition coefficient (Wildman–Crippen LogP) is 6.70. The molecule has 0 aliphatic carbocycles. The molecule has 2 nitrogen and oxygen atoms in total. The van der Waals surface area contributed by atoms with Crippen LogP contribution in [0.4, 0.5) is 0 Å². The molecule has 2 atom stereocenters. The van der Waals surface area contributed by atoms with Gasteiger partial charge in [0.05, 0.1) is 6.20 Å². The number of nitrogens with zero attached hydrogens (tertiary/aromatic N) is 1. The fraction of sp³-hybridized carbons (Fsp3) is 0.120. The van der Waals surface area contributed by atoms with E-state index in [4.69, 9.17) is 0 Å². The van der Waals surface area contributed by atoms with Crippen LogP contribution in [0, 0.1) is 5.21 Å². The van der Waals surface area contributed by atoms with E-state index in [9.17, 15) is 5.21 Å². The summed E-state index contributed by atoms with van der Waals surface area (Å²) in [7, 11) is 0. The number of hydrogen-bond donors (Lipinski definition) is 0. The Kier molecular flexibility index (Phi) is 5.58. The van der Waals surface area contributed by atoms with Crippen LogP contribution >= 0.6 is 15.9 Å². The Morgan fingerprint density at radius 2 is 1.39 bits per heavy atom. The van der Waals surface area contributed by atoms with Crippen LogP contribution in [0.3, 0.4) is 0 Å². The molecule has 1 aliphatic rings. The number of rotatable bonds is 5. The molecule has 1 heterocycles. The number of allylic oxidation sites excluding steroid dienone is 2. The third kappa shape index (κ3) is 4.33. The van der Waals surface area contributed by atoms with E-state index in [-0.39, 0.29) is 6.04 Å². The number of hydroxylamine groups is 3.